The summed E-state index contributed by atoms with van der Waals surface area (Å²) in [5.74, 6) is -0.357. The van der Waals surface area contributed by atoms with Gasteiger partial charge < -0.3 is 10.1 Å². The number of carbonyl (C=O) groups excluding carboxylic acids is 3. The van der Waals surface area contributed by atoms with Crippen LogP contribution < -0.4 is 10.1 Å². The third-order valence-electron chi connectivity index (χ3n) is 3.71. The number of carbonyl (C=O) groups is 3. The molecule has 2 heterocycles. The summed E-state index contributed by atoms with van der Waals surface area (Å²) in [5, 5.41) is 2.65. The van der Waals surface area contributed by atoms with E-state index in [-0.39, 0.29) is 36.7 Å². The zero-order valence-electron chi connectivity index (χ0n) is 14.6. The second kappa shape index (κ2) is 9.38. The van der Waals surface area contributed by atoms with Crippen LogP contribution in [0.3, 0.4) is 0 Å². The summed E-state index contributed by atoms with van der Waals surface area (Å²) in [5.41, 5.74) is 0.734. The fourth-order valence-corrected chi connectivity index (χ4v) is 3.42. The van der Waals surface area contributed by atoms with E-state index >= 15 is 0 Å². The first kappa shape index (κ1) is 19.9. The molecule has 0 aliphatic carbocycles. The molecular weight excluding hydrogens is 402 g/mol. The summed E-state index contributed by atoms with van der Waals surface area (Å²) in [6, 6.07) is 10.4. The number of hydrogen-bond acceptors (Lipinski definition) is 6. The Bertz CT molecular complexity index is 920. The molecule has 144 valence electrons. The molecule has 3 amide bonds. The lowest BCUT2D eigenvalue weighted by Crippen LogP contribution is -2.38. The molecule has 1 aliphatic rings. The van der Waals surface area contributed by atoms with Crippen molar-refractivity contribution in [3.8, 4) is 5.75 Å². The monoisotopic (exact) mass is 417 g/mol. The molecule has 7 nitrogen and oxygen atoms in total. The van der Waals surface area contributed by atoms with E-state index in [1.807, 2.05) is 0 Å². The molecule has 0 unspecified atom stereocenters. The predicted octanol–water partition coefficient (Wildman–Crippen LogP) is 2.97. The van der Waals surface area contributed by atoms with E-state index in [1.165, 1.54) is 0 Å². The van der Waals surface area contributed by atoms with Crippen LogP contribution in [0.2, 0.25) is 5.02 Å². The van der Waals surface area contributed by atoms with Crippen LogP contribution in [0.1, 0.15) is 5.56 Å². The summed E-state index contributed by atoms with van der Waals surface area (Å²) in [6.07, 6.45) is 4.85. The number of imide groups is 1. The van der Waals surface area contributed by atoms with E-state index in [0.717, 1.165) is 22.2 Å². The van der Waals surface area contributed by atoms with Crippen LogP contribution in [0, 0.1) is 0 Å². The fourth-order valence-electron chi connectivity index (χ4n) is 2.37. The highest BCUT2D eigenvalue weighted by atomic mass is 35.5. The summed E-state index contributed by atoms with van der Waals surface area (Å²) >= 11 is 6.82. The number of rotatable bonds is 7. The highest BCUT2D eigenvalue weighted by Gasteiger charge is 2.34. The number of nitrogens with zero attached hydrogens (tertiary/aromatic N) is 2. The summed E-state index contributed by atoms with van der Waals surface area (Å²) in [7, 11) is 0. The number of ether oxygens (including phenoxy) is 1. The van der Waals surface area contributed by atoms with Crippen molar-refractivity contribution < 1.29 is 19.1 Å². The maximum Gasteiger partial charge on any atom is 0.293 e. The average Bonchev–Trinajstić information content (AvgIpc) is 2.95. The molecule has 1 aliphatic heterocycles. The molecule has 9 heteroatoms. The first-order chi connectivity index (χ1) is 13.5. The van der Waals surface area contributed by atoms with Crippen molar-refractivity contribution in [2.45, 2.75) is 0 Å². The van der Waals surface area contributed by atoms with E-state index in [2.05, 4.69) is 10.3 Å². The molecule has 0 bridgehead atoms. The van der Waals surface area contributed by atoms with Gasteiger partial charge in [-0.3, -0.25) is 24.3 Å². The minimum absolute atomic E-state index is 0.0763. The van der Waals surface area contributed by atoms with Gasteiger partial charge in [0, 0.05) is 25.5 Å². The Hall–Kier alpha value is -2.84. The maximum atomic E-state index is 12.4. The van der Waals surface area contributed by atoms with Crippen molar-refractivity contribution in [3.63, 3.8) is 0 Å². The van der Waals surface area contributed by atoms with Gasteiger partial charge in [0.15, 0.2) is 6.61 Å². The average molecular weight is 418 g/mol. The van der Waals surface area contributed by atoms with Crippen LogP contribution in [-0.2, 0) is 9.59 Å². The topological polar surface area (TPSA) is 88.6 Å². The first-order valence-corrected chi connectivity index (χ1v) is 9.53. The minimum atomic E-state index is -0.389. The molecule has 1 saturated heterocycles. The molecule has 0 saturated carbocycles. The van der Waals surface area contributed by atoms with Crippen molar-refractivity contribution in [1.82, 2.24) is 15.2 Å². The van der Waals surface area contributed by atoms with Gasteiger partial charge in [0.1, 0.15) is 5.75 Å². The molecule has 0 radical (unpaired) electrons. The Labute approximate surface area is 170 Å². The number of benzene rings is 1. The van der Waals surface area contributed by atoms with Crippen LogP contribution >= 0.6 is 23.4 Å². The number of aromatic nitrogens is 1. The Morgan fingerprint density at radius 3 is 2.82 bits per heavy atom. The SMILES string of the molecule is O=C(COc1ccccc1Cl)NCCN1C(=O)SC(=Cc2cccnc2)C1=O. The molecule has 2 aromatic rings. The van der Waals surface area contributed by atoms with Gasteiger partial charge >= 0.3 is 0 Å². The molecule has 3 rings (SSSR count). The largest absolute Gasteiger partial charge is 0.482 e. The highest BCUT2D eigenvalue weighted by molar-refractivity contribution is 8.18. The van der Waals surface area contributed by atoms with Gasteiger partial charge in [-0.2, -0.15) is 0 Å². The number of thioether (sulfide) groups is 1. The van der Waals surface area contributed by atoms with Gasteiger partial charge in [0.05, 0.1) is 9.93 Å². The van der Waals surface area contributed by atoms with Gasteiger partial charge in [0.2, 0.25) is 0 Å². The Balaban J connectivity index is 1.47. The zero-order valence-corrected chi connectivity index (χ0v) is 16.2. The molecular formula is C19H16ClN3O4S. The summed E-state index contributed by atoms with van der Waals surface area (Å²) in [4.78, 5) is 41.7. The molecule has 1 fully saturated rings. The van der Waals surface area contributed by atoms with Gasteiger partial charge in [0.25, 0.3) is 17.1 Å². The zero-order chi connectivity index (χ0) is 19.9. The lowest BCUT2D eigenvalue weighted by molar-refractivity contribution is -0.125. The van der Waals surface area contributed by atoms with Crippen LogP contribution in [0.4, 0.5) is 4.79 Å². The maximum absolute atomic E-state index is 12.4. The fraction of sp³-hybridized carbons (Fsp3) is 0.158. The second-order valence-corrected chi connectivity index (χ2v) is 7.09. The van der Waals surface area contributed by atoms with Gasteiger partial charge in [-0.15, -0.1) is 0 Å². The minimum Gasteiger partial charge on any atom is -0.482 e. The third-order valence-corrected chi connectivity index (χ3v) is 4.93. The molecule has 0 spiro atoms. The van der Waals surface area contributed by atoms with Crippen molar-refractivity contribution in [2.75, 3.05) is 19.7 Å². The number of hydrogen-bond donors (Lipinski definition) is 1. The van der Waals surface area contributed by atoms with Gasteiger partial charge in [-0.05, 0) is 41.6 Å². The van der Waals surface area contributed by atoms with Crippen molar-refractivity contribution in [1.29, 1.82) is 0 Å². The van der Waals surface area contributed by atoms with E-state index in [1.54, 1.807) is 54.9 Å². The standard InChI is InChI=1S/C19H16ClN3O4S/c20-14-5-1-2-6-15(14)27-12-17(24)22-8-9-23-18(25)16(28-19(23)26)10-13-4-3-7-21-11-13/h1-7,10-11H,8-9,12H2,(H,22,24). The number of amides is 3. The molecule has 28 heavy (non-hydrogen) atoms. The summed E-state index contributed by atoms with van der Waals surface area (Å²) < 4.78 is 5.34. The van der Waals surface area contributed by atoms with E-state index in [9.17, 15) is 14.4 Å². The molecule has 0 atom stereocenters. The van der Waals surface area contributed by atoms with E-state index in [0.29, 0.717) is 15.7 Å². The Kier molecular flexibility index (Phi) is 6.67. The lowest BCUT2D eigenvalue weighted by atomic mass is 10.2. The van der Waals surface area contributed by atoms with Crippen LogP contribution in [0.15, 0.2) is 53.7 Å². The Morgan fingerprint density at radius 1 is 1.25 bits per heavy atom. The lowest BCUT2D eigenvalue weighted by Gasteiger charge is -2.13. The number of nitrogens with one attached hydrogen (secondary N) is 1. The Morgan fingerprint density at radius 2 is 2.07 bits per heavy atom. The first-order valence-electron chi connectivity index (χ1n) is 8.34. The predicted molar refractivity (Wildman–Crippen MR) is 107 cm³/mol. The molecule has 1 aromatic carbocycles. The van der Waals surface area contributed by atoms with Crippen molar-refractivity contribution in [3.05, 3.63) is 64.3 Å². The smallest absolute Gasteiger partial charge is 0.293 e. The van der Waals surface area contributed by atoms with E-state index < -0.39 is 0 Å². The number of pyridine rings is 1. The highest BCUT2D eigenvalue weighted by Crippen LogP contribution is 2.31. The second-order valence-electron chi connectivity index (χ2n) is 5.69. The normalized spacial score (nSPS) is 15.2. The van der Waals surface area contributed by atoms with Gasteiger partial charge in [-0.25, -0.2) is 0 Å². The quantitative estimate of drug-likeness (QED) is 0.697. The van der Waals surface area contributed by atoms with Crippen LogP contribution in [0.5, 0.6) is 5.75 Å². The van der Waals surface area contributed by atoms with Crippen LogP contribution in [0.25, 0.3) is 6.08 Å². The molecule has 1 N–H and O–H groups in total. The number of halogens is 1. The number of para-hydroxylation sites is 1. The van der Waals surface area contributed by atoms with Gasteiger partial charge in [-0.1, -0.05) is 29.8 Å². The summed E-state index contributed by atoms with van der Waals surface area (Å²) in [6.45, 7) is -0.0116. The third kappa shape index (κ3) is 5.11. The van der Waals surface area contributed by atoms with E-state index in [4.69, 9.17) is 16.3 Å². The van der Waals surface area contributed by atoms with Crippen molar-refractivity contribution in [2.24, 2.45) is 0 Å². The van der Waals surface area contributed by atoms with Crippen LogP contribution in [-0.4, -0.2) is 46.6 Å². The van der Waals surface area contributed by atoms with Crippen molar-refractivity contribution >= 4 is 46.5 Å². The molecule has 1 aromatic heterocycles.